The van der Waals surface area contributed by atoms with Crippen LogP contribution in [0.5, 0.6) is 0 Å². The van der Waals surface area contributed by atoms with Gasteiger partial charge in [0.15, 0.2) is 0 Å². The number of para-hydroxylation sites is 2. The molecule has 0 unspecified atom stereocenters. The Morgan fingerprint density at radius 1 is 1.03 bits per heavy atom. The second kappa shape index (κ2) is 7.95. The number of imidazole rings is 1. The third kappa shape index (κ3) is 3.50. The van der Waals surface area contributed by atoms with Crippen LogP contribution in [0.3, 0.4) is 0 Å². The van der Waals surface area contributed by atoms with E-state index in [1.165, 1.54) is 0 Å². The fraction of sp³-hybridized carbons (Fsp3) is 0.154. The molecular formula is C26H23BrN4O. The molecule has 0 radical (unpaired) electrons. The number of rotatable bonds is 3. The molecule has 5 rings (SSSR count). The average Bonchev–Trinajstić information content (AvgIpc) is 3.12. The van der Waals surface area contributed by atoms with Gasteiger partial charge in [-0.05, 0) is 62.2 Å². The SMILES string of the molecule is CC1=C(C(=O)Nc2ccc(C)cc2C)[C@H](c2cccc(Br)c2)n2c(nc3ccccc32)N1. The lowest BCUT2D eigenvalue weighted by Crippen LogP contribution is -2.31. The summed E-state index contributed by atoms with van der Waals surface area (Å²) in [7, 11) is 0. The average molecular weight is 487 g/mol. The number of aryl methyl sites for hydroxylation is 2. The van der Waals surface area contributed by atoms with Crippen LogP contribution in [0, 0.1) is 13.8 Å². The second-order valence-electron chi connectivity index (χ2n) is 8.19. The van der Waals surface area contributed by atoms with Crippen molar-refractivity contribution in [3.05, 3.63) is 99.2 Å². The molecule has 0 saturated heterocycles. The summed E-state index contributed by atoms with van der Waals surface area (Å²) in [6.07, 6.45) is 0. The molecule has 0 saturated carbocycles. The molecule has 2 heterocycles. The number of nitrogens with zero attached hydrogens (tertiary/aromatic N) is 2. The van der Waals surface area contributed by atoms with Crippen LogP contribution in [-0.2, 0) is 4.79 Å². The quantitative estimate of drug-likeness (QED) is 0.355. The third-order valence-corrected chi connectivity index (χ3v) is 6.36. The zero-order valence-electron chi connectivity index (χ0n) is 18.1. The van der Waals surface area contributed by atoms with Crippen LogP contribution < -0.4 is 10.6 Å². The molecule has 0 aliphatic carbocycles. The minimum Gasteiger partial charge on any atom is -0.329 e. The number of fused-ring (bicyclic) bond motifs is 3. The highest BCUT2D eigenvalue weighted by atomic mass is 79.9. The lowest BCUT2D eigenvalue weighted by molar-refractivity contribution is -0.113. The first-order valence-electron chi connectivity index (χ1n) is 10.5. The van der Waals surface area contributed by atoms with Gasteiger partial charge < -0.3 is 10.6 Å². The first-order valence-corrected chi connectivity index (χ1v) is 11.3. The fourth-order valence-electron chi connectivity index (χ4n) is 4.39. The van der Waals surface area contributed by atoms with Gasteiger partial charge in [0.2, 0.25) is 5.95 Å². The highest BCUT2D eigenvalue weighted by molar-refractivity contribution is 9.10. The number of halogens is 1. The molecule has 0 fully saturated rings. The zero-order chi connectivity index (χ0) is 22.4. The maximum absolute atomic E-state index is 13.7. The van der Waals surface area contributed by atoms with Gasteiger partial charge in [0, 0.05) is 15.9 Å². The molecule has 160 valence electrons. The molecular weight excluding hydrogens is 464 g/mol. The van der Waals surface area contributed by atoms with Gasteiger partial charge in [-0.2, -0.15) is 0 Å². The van der Waals surface area contributed by atoms with Crippen molar-refractivity contribution in [3.63, 3.8) is 0 Å². The summed E-state index contributed by atoms with van der Waals surface area (Å²) < 4.78 is 3.08. The van der Waals surface area contributed by atoms with Gasteiger partial charge in [-0.1, -0.05) is 57.9 Å². The summed E-state index contributed by atoms with van der Waals surface area (Å²) in [5, 5.41) is 6.50. The normalized spacial score (nSPS) is 15.4. The van der Waals surface area contributed by atoms with Gasteiger partial charge in [-0.3, -0.25) is 9.36 Å². The molecule has 1 aliphatic rings. The molecule has 0 spiro atoms. The Morgan fingerprint density at radius 3 is 2.62 bits per heavy atom. The molecule has 1 amide bonds. The van der Waals surface area contributed by atoms with E-state index in [4.69, 9.17) is 4.98 Å². The first-order chi connectivity index (χ1) is 15.4. The second-order valence-corrected chi connectivity index (χ2v) is 9.10. The van der Waals surface area contributed by atoms with Gasteiger partial charge in [0.05, 0.1) is 22.6 Å². The van der Waals surface area contributed by atoms with Crippen LogP contribution in [-0.4, -0.2) is 15.5 Å². The molecule has 3 aromatic carbocycles. The van der Waals surface area contributed by atoms with Crippen LogP contribution in [0.15, 0.2) is 82.5 Å². The van der Waals surface area contributed by atoms with E-state index in [-0.39, 0.29) is 11.9 Å². The number of allylic oxidation sites excluding steroid dienone is 1. The largest absolute Gasteiger partial charge is 0.329 e. The van der Waals surface area contributed by atoms with Crippen LogP contribution in [0.2, 0.25) is 0 Å². The number of nitrogens with one attached hydrogen (secondary N) is 2. The number of anilines is 2. The Bertz CT molecular complexity index is 1400. The maximum Gasteiger partial charge on any atom is 0.255 e. The first kappa shape index (κ1) is 20.5. The van der Waals surface area contributed by atoms with E-state index >= 15 is 0 Å². The Labute approximate surface area is 195 Å². The van der Waals surface area contributed by atoms with Gasteiger partial charge in [-0.25, -0.2) is 4.98 Å². The Kier molecular flexibility index (Phi) is 5.10. The number of amides is 1. The van der Waals surface area contributed by atoms with Gasteiger partial charge in [0.1, 0.15) is 0 Å². The van der Waals surface area contributed by atoms with Crippen LogP contribution >= 0.6 is 15.9 Å². The van der Waals surface area contributed by atoms with Gasteiger partial charge in [-0.15, -0.1) is 0 Å². The van der Waals surface area contributed by atoms with E-state index in [0.717, 1.165) is 49.5 Å². The molecule has 1 aliphatic heterocycles. The van der Waals surface area contributed by atoms with Crippen molar-refractivity contribution >= 4 is 44.5 Å². The molecule has 32 heavy (non-hydrogen) atoms. The van der Waals surface area contributed by atoms with Crippen LogP contribution in [0.25, 0.3) is 11.0 Å². The predicted octanol–water partition coefficient (Wildman–Crippen LogP) is 6.34. The molecule has 1 aromatic heterocycles. The molecule has 6 heteroatoms. The number of aromatic nitrogens is 2. The predicted molar refractivity (Wildman–Crippen MR) is 133 cm³/mol. The van der Waals surface area contributed by atoms with Crippen molar-refractivity contribution in [1.29, 1.82) is 0 Å². The molecule has 4 aromatic rings. The topological polar surface area (TPSA) is 59.0 Å². The highest BCUT2D eigenvalue weighted by Crippen LogP contribution is 2.40. The van der Waals surface area contributed by atoms with Crippen molar-refractivity contribution in [2.75, 3.05) is 10.6 Å². The summed E-state index contributed by atoms with van der Waals surface area (Å²) in [5.41, 5.74) is 7.34. The summed E-state index contributed by atoms with van der Waals surface area (Å²) in [6, 6.07) is 21.8. The Morgan fingerprint density at radius 2 is 1.84 bits per heavy atom. The minimum absolute atomic E-state index is 0.129. The smallest absolute Gasteiger partial charge is 0.255 e. The van der Waals surface area contributed by atoms with Crippen molar-refractivity contribution < 1.29 is 4.79 Å². The van der Waals surface area contributed by atoms with Crippen molar-refractivity contribution in [1.82, 2.24) is 9.55 Å². The maximum atomic E-state index is 13.7. The molecule has 5 nitrogen and oxygen atoms in total. The zero-order valence-corrected chi connectivity index (χ0v) is 19.7. The van der Waals surface area contributed by atoms with Crippen molar-refractivity contribution in [3.8, 4) is 0 Å². The lowest BCUT2D eigenvalue weighted by Gasteiger charge is -2.31. The van der Waals surface area contributed by atoms with E-state index in [1.54, 1.807) is 0 Å². The van der Waals surface area contributed by atoms with Crippen molar-refractivity contribution in [2.24, 2.45) is 0 Å². The van der Waals surface area contributed by atoms with Crippen LogP contribution in [0.1, 0.15) is 29.7 Å². The van der Waals surface area contributed by atoms with E-state index in [1.807, 2.05) is 69.3 Å². The summed E-state index contributed by atoms with van der Waals surface area (Å²) in [6.45, 7) is 5.99. The molecule has 0 bridgehead atoms. The monoisotopic (exact) mass is 486 g/mol. The molecule has 2 N–H and O–H groups in total. The Hall–Kier alpha value is -3.38. The van der Waals surface area contributed by atoms with E-state index in [2.05, 4.69) is 49.3 Å². The van der Waals surface area contributed by atoms with E-state index in [0.29, 0.717) is 5.57 Å². The number of benzene rings is 3. The summed E-state index contributed by atoms with van der Waals surface area (Å²) in [4.78, 5) is 18.5. The van der Waals surface area contributed by atoms with Gasteiger partial charge in [0.25, 0.3) is 5.91 Å². The molecule has 1 atom stereocenters. The minimum atomic E-state index is -0.318. The van der Waals surface area contributed by atoms with Crippen LogP contribution in [0.4, 0.5) is 11.6 Å². The number of carbonyl (C=O) groups excluding carboxylic acids is 1. The van der Waals surface area contributed by atoms with E-state index < -0.39 is 0 Å². The van der Waals surface area contributed by atoms with Gasteiger partial charge >= 0.3 is 0 Å². The number of carbonyl (C=O) groups is 1. The van der Waals surface area contributed by atoms with E-state index in [9.17, 15) is 4.79 Å². The number of hydrogen-bond acceptors (Lipinski definition) is 3. The highest BCUT2D eigenvalue weighted by Gasteiger charge is 2.34. The standard InChI is InChI=1S/C26H23BrN4O/c1-15-11-12-20(16(2)13-15)29-25(32)23-17(3)28-26-30-21-9-4-5-10-22(21)31(26)24(23)18-7-6-8-19(27)14-18/h4-14,24H,1-3H3,(H,28,30)(H,29,32)/t24-/m0/s1. The summed E-state index contributed by atoms with van der Waals surface area (Å²) >= 11 is 3.59. The fourth-order valence-corrected chi connectivity index (χ4v) is 4.81. The number of hydrogen-bond donors (Lipinski definition) is 2. The lowest BCUT2D eigenvalue weighted by atomic mass is 9.94. The summed E-state index contributed by atoms with van der Waals surface area (Å²) in [5.74, 6) is 0.604. The third-order valence-electron chi connectivity index (χ3n) is 5.87. The van der Waals surface area contributed by atoms with Crippen molar-refractivity contribution in [2.45, 2.75) is 26.8 Å². The Balaban J connectivity index is 1.67.